The number of carbonyl (C=O) groups is 1. The van der Waals surface area contributed by atoms with Crippen LogP contribution in [0.4, 0.5) is 0 Å². The molecule has 1 aromatic carbocycles. The minimum atomic E-state index is -0.820. The first-order valence-electron chi connectivity index (χ1n) is 5.83. The number of imidazole rings is 1. The predicted octanol–water partition coefficient (Wildman–Crippen LogP) is 3.10. The SMILES string of the molecule is Cc1cccc2nc(SCC(=O)O)n(C(C)C)c12. The van der Waals surface area contributed by atoms with Gasteiger partial charge >= 0.3 is 5.97 Å². The summed E-state index contributed by atoms with van der Waals surface area (Å²) in [6, 6.07) is 6.24. The Bertz CT molecular complexity index is 590. The van der Waals surface area contributed by atoms with Crippen LogP contribution in [0.1, 0.15) is 25.5 Å². The normalized spacial score (nSPS) is 11.3. The highest BCUT2D eigenvalue weighted by atomic mass is 32.2. The third-order valence-electron chi connectivity index (χ3n) is 2.72. The van der Waals surface area contributed by atoms with Crippen LogP contribution in [-0.4, -0.2) is 26.4 Å². The smallest absolute Gasteiger partial charge is 0.313 e. The number of para-hydroxylation sites is 1. The number of hydrogen-bond donors (Lipinski definition) is 1. The molecule has 1 N–H and O–H groups in total. The number of hydrogen-bond acceptors (Lipinski definition) is 3. The first-order valence-corrected chi connectivity index (χ1v) is 6.81. The molecular formula is C13H16N2O2S. The van der Waals surface area contributed by atoms with E-state index in [-0.39, 0.29) is 11.8 Å². The van der Waals surface area contributed by atoms with Crippen LogP contribution < -0.4 is 0 Å². The molecule has 0 amide bonds. The summed E-state index contributed by atoms with van der Waals surface area (Å²) in [6.45, 7) is 6.21. The Morgan fingerprint density at radius 1 is 1.50 bits per heavy atom. The molecule has 0 fully saturated rings. The van der Waals surface area contributed by atoms with E-state index in [9.17, 15) is 4.79 Å². The van der Waals surface area contributed by atoms with E-state index < -0.39 is 5.97 Å². The third-order valence-corrected chi connectivity index (χ3v) is 3.66. The van der Waals surface area contributed by atoms with Gasteiger partial charge in [-0.3, -0.25) is 4.79 Å². The Kier molecular flexibility index (Phi) is 3.61. The first kappa shape index (κ1) is 13.0. The van der Waals surface area contributed by atoms with Gasteiger partial charge in [0.2, 0.25) is 0 Å². The third kappa shape index (κ3) is 2.36. The number of carboxylic acids is 1. The molecular weight excluding hydrogens is 248 g/mol. The van der Waals surface area contributed by atoms with Gasteiger partial charge in [0.15, 0.2) is 5.16 Å². The number of nitrogens with zero attached hydrogens (tertiary/aromatic N) is 2. The zero-order valence-corrected chi connectivity index (χ0v) is 11.5. The fraction of sp³-hybridized carbons (Fsp3) is 0.385. The van der Waals surface area contributed by atoms with E-state index in [1.807, 2.05) is 12.1 Å². The van der Waals surface area contributed by atoms with Crippen molar-refractivity contribution in [2.24, 2.45) is 0 Å². The highest BCUT2D eigenvalue weighted by Crippen LogP contribution is 2.29. The van der Waals surface area contributed by atoms with E-state index >= 15 is 0 Å². The molecule has 0 radical (unpaired) electrons. The van der Waals surface area contributed by atoms with Gasteiger partial charge < -0.3 is 9.67 Å². The second-order valence-electron chi connectivity index (χ2n) is 4.48. The molecule has 0 aliphatic carbocycles. The number of aryl methyl sites for hydroxylation is 1. The molecule has 0 spiro atoms. The van der Waals surface area contributed by atoms with E-state index in [0.29, 0.717) is 0 Å². The van der Waals surface area contributed by atoms with Gasteiger partial charge in [0.25, 0.3) is 0 Å². The van der Waals surface area contributed by atoms with Crippen LogP contribution in [0.2, 0.25) is 0 Å². The number of aliphatic carboxylic acids is 1. The maximum atomic E-state index is 10.7. The zero-order chi connectivity index (χ0) is 13.3. The van der Waals surface area contributed by atoms with Gasteiger partial charge in [-0.2, -0.15) is 0 Å². The summed E-state index contributed by atoms with van der Waals surface area (Å²) in [5.74, 6) is -0.783. The Morgan fingerprint density at radius 2 is 2.22 bits per heavy atom. The van der Waals surface area contributed by atoms with Crippen LogP contribution in [0.25, 0.3) is 11.0 Å². The number of aromatic nitrogens is 2. The molecule has 0 saturated heterocycles. The summed E-state index contributed by atoms with van der Waals surface area (Å²) in [6.07, 6.45) is 0. The van der Waals surface area contributed by atoms with E-state index in [1.54, 1.807) is 0 Å². The molecule has 1 aromatic heterocycles. The van der Waals surface area contributed by atoms with Gasteiger partial charge in [-0.25, -0.2) is 4.98 Å². The van der Waals surface area contributed by atoms with E-state index in [4.69, 9.17) is 5.11 Å². The van der Waals surface area contributed by atoms with E-state index in [2.05, 4.69) is 36.4 Å². The maximum absolute atomic E-state index is 10.7. The van der Waals surface area contributed by atoms with E-state index in [0.717, 1.165) is 21.8 Å². The van der Waals surface area contributed by atoms with Crippen LogP contribution >= 0.6 is 11.8 Å². The molecule has 0 unspecified atom stereocenters. The molecule has 1 heterocycles. The lowest BCUT2D eigenvalue weighted by atomic mass is 10.2. The van der Waals surface area contributed by atoms with Crippen molar-refractivity contribution < 1.29 is 9.90 Å². The van der Waals surface area contributed by atoms with Crippen LogP contribution in [0.15, 0.2) is 23.4 Å². The minimum absolute atomic E-state index is 0.0368. The molecule has 0 saturated carbocycles. The summed E-state index contributed by atoms with van der Waals surface area (Å²) < 4.78 is 2.11. The highest BCUT2D eigenvalue weighted by molar-refractivity contribution is 7.99. The van der Waals surface area contributed by atoms with Crippen molar-refractivity contribution >= 4 is 28.8 Å². The number of carboxylic acid groups (broad SMARTS) is 1. The second-order valence-corrected chi connectivity index (χ2v) is 5.43. The Balaban J connectivity index is 2.55. The molecule has 2 rings (SSSR count). The molecule has 0 bridgehead atoms. The molecule has 2 aromatic rings. The largest absolute Gasteiger partial charge is 0.481 e. The minimum Gasteiger partial charge on any atom is -0.481 e. The number of fused-ring (bicyclic) bond motifs is 1. The molecule has 4 nitrogen and oxygen atoms in total. The monoisotopic (exact) mass is 264 g/mol. The molecule has 0 aliphatic heterocycles. The quantitative estimate of drug-likeness (QED) is 0.862. The maximum Gasteiger partial charge on any atom is 0.313 e. The molecule has 0 atom stereocenters. The van der Waals surface area contributed by atoms with Crippen molar-refractivity contribution in [2.75, 3.05) is 5.75 Å². The zero-order valence-electron chi connectivity index (χ0n) is 10.7. The predicted molar refractivity (Wildman–Crippen MR) is 73.2 cm³/mol. The van der Waals surface area contributed by atoms with Gasteiger partial charge in [-0.15, -0.1) is 0 Å². The van der Waals surface area contributed by atoms with Crippen LogP contribution in [0.5, 0.6) is 0 Å². The fourth-order valence-corrected chi connectivity index (χ4v) is 2.86. The topological polar surface area (TPSA) is 55.1 Å². The van der Waals surface area contributed by atoms with Crippen molar-refractivity contribution in [3.8, 4) is 0 Å². The standard InChI is InChI=1S/C13H16N2O2S/c1-8(2)15-12-9(3)5-4-6-10(12)14-13(15)18-7-11(16)17/h4-6,8H,7H2,1-3H3,(H,16,17). The number of thioether (sulfide) groups is 1. The van der Waals surface area contributed by atoms with Crippen LogP contribution in [-0.2, 0) is 4.79 Å². The van der Waals surface area contributed by atoms with Gasteiger partial charge in [0, 0.05) is 6.04 Å². The van der Waals surface area contributed by atoms with Gasteiger partial charge in [0.05, 0.1) is 16.8 Å². The van der Waals surface area contributed by atoms with Gasteiger partial charge in [-0.05, 0) is 32.4 Å². The highest BCUT2D eigenvalue weighted by Gasteiger charge is 2.15. The first-order chi connectivity index (χ1) is 8.50. The molecule has 18 heavy (non-hydrogen) atoms. The van der Waals surface area contributed by atoms with Crippen LogP contribution in [0, 0.1) is 6.92 Å². The van der Waals surface area contributed by atoms with Crippen LogP contribution in [0.3, 0.4) is 0 Å². The lowest BCUT2D eigenvalue weighted by Gasteiger charge is -2.13. The summed E-state index contributed by atoms with van der Waals surface area (Å²) >= 11 is 1.27. The fourth-order valence-electron chi connectivity index (χ4n) is 2.01. The summed E-state index contributed by atoms with van der Waals surface area (Å²) in [4.78, 5) is 15.2. The van der Waals surface area contributed by atoms with E-state index in [1.165, 1.54) is 11.8 Å². The van der Waals surface area contributed by atoms with Gasteiger partial charge in [0.1, 0.15) is 0 Å². The van der Waals surface area contributed by atoms with Crippen molar-refractivity contribution in [2.45, 2.75) is 32.0 Å². The van der Waals surface area contributed by atoms with Crippen molar-refractivity contribution in [1.82, 2.24) is 9.55 Å². The Hall–Kier alpha value is -1.49. The average molecular weight is 264 g/mol. The van der Waals surface area contributed by atoms with Crippen molar-refractivity contribution in [3.05, 3.63) is 23.8 Å². The summed E-state index contributed by atoms with van der Waals surface area (Å²) in [5.41, 5.74) is 3.19. The number of rotatable bonds is 4. The molecule has 96 valence electrons. The van der Waals surface area contributed by atoms with Crippen molar-refractivity contribution in [3.63, 3.8) is 0 Å². The lowest BCUT2D eigenvalue weighted by molar-refractivity contribution is -0.133. The summed E-state index contributed by atoms with van der Waals surface area (Å²) in [5, 5.41) is 9.55. The van der Waals surface area contributed by atoms with Gasteiger partial charge in [-0.1, -0.05) is 23.9 Å². The molecule has 0 aliphatic rings. The Labute approximate surface area is 110 Å². The molecule has 5 heteroatoms. The second kappa shape index (κ2) is 5.02. The average Bonchev–Trinajstić information content (AvgIpc) is 2.66. The van der Waals surface area contributed by atoms with Crippen molar-refractivity contribution in [1.29, 1.82) is 0 Å². The number of benzene rings is 1. The lowest BCUT2D eigenvalue weighted by Crippen LogP contribution is -2.05. The Morgan fingerprint density at radius 3 is 2.83 bits per heavy atom. The summed E-state index contributed by atoms with van der Waals surface area (Å²) in [7, 11) is 0.